The lowest BCUT2D eigenvalue weighted by Crippen LogP contribution is -2.45. The van der Waals surface area contributed by atoms with Crippen LogP contribution in [0.5, 0.6) is 5.75 Å². The summed E-state index contributed by atoms with van der Waals surface area (Å²) in [6, 6.07) is 21.1. The van der Waals surface area contributed by atoms with Gasteiger partial charge in [0, 0.05) is 31.5 Å². The molecule has 3 aromatic rings. The Hall–Kier alpha value is -3.74. The summed E-state index contributed by atoms with van der Waals surface area (Å²) in [5.41, 5.74) is 2.70. The number of nitrogens with one attached hydrogen (secondary N) is 1. The van der Waals surface area contributed by atoms with Gasteiger partial charge in [0.1, 0.15) is 12.3 Å². The molecule has 3 amide bonds. The monoisotopic (exact) mass is 460 g/mol. The van der Waals surface area contributed by atoms with Gasteiger partial charge in [0.05, 0.1) is 18.8 Å². The summed E-state index contributed by atoms with van der Waals surface area (Å²) >= 11 is 0. The number of para-hydroxylation sites is 2. The Labute approximate surface area is 200 Å². The minimum absolute atomic E-state index is 0.0323. The molecule has 1 N–H and O–H groups in total. The molecule has 0 saturated heterocycles. The molecule has 1 heterocycles. The number of benzene rings is 2. The smallest absolute Gasteiger partial charge is 0.322 e. The van der Waals surface area contributed by atoms with Crippen LogP contribution in [0.3, 0.4) is 0 Å². The highest BCUT2D eigenvalue weighted by molar-refractivity contribution is 5.94. The van der Waals surface area contributed by atoms with Crippen LogP contribution in [0.15, 0.2) is 72.9 Å². The first-order valence-electron chi connectivity index (χ1n) is 11.8. The fraction of sp³-hybridized carbons (Fsp3) is 0.333. The predicted molar refractivity (Wildman–Crippen MR) is 132 cm³/mol. The van der Waals surface area contributed by atoms with Gasteiger partial charge in [0.25, 0.3) is 0 Å². The van der Waals surface area contributed by atoms with E-state index in [1.54, 1.807) is 4.90 Å². The highest BCUT2D eigenvalue weighted by atomic mass is 16.5. The molecule has 1 fully saturated rings. The van der Waals surface area contributed by atoms with Crippen LogP contribution in [-0.4, -0.2) is 45.5 Å². The van der Waals surface area contributed by atoms with E-state index >= 15 is 0 Å². The van der Waals surface area contributed by atoms with Crippen LogP contribution >= 0.6 is 0 Å². The average Bonchev–Trinajstić information content (AvgIpc) is 3.60. The van der Waals surface area contributed by atoms with Crippen LogP contribution < -0.4 is 10.1 Å². The molecule has 0 atom stereocenters. The summed E-state index contributed by atoms with van der Waals surface area (Å²) in [5, 5.41) is 2.95. The largest absolute Gasteiger partial charge is 0.492 e. The molecule has 0 aliphatic heterocycles. The molecule has 7 nitrogen and oxygen atoms in total. The van der Waals surface area contributed by atoms with E-state index in [4.69, 9.17) is 4.74 Å². The van der Waals surface area contributed by atoms with E-state index in [1.165, 1.54) is 0 Å². The van der Waals surface area contributed by atoms with Gasteiger partial charge in [-0.2, -0.15) is 0 Å². The van der Waals surface area contributed by atoms with E-state index < -0.39 is 0 Å². The van der Waals surface area contributed by atoms with Crippen molar-refractivity contribution in [2.45, 2.75) is 38.9 Å². The minimum atomic E-state index is -0.276. The number of ether oxygens (including phenoxy) is 1. The van der Waals surface area contributed by atoms with Crippen molar-refractivity contribution < 1.29 is 14.3 Å². The first-order chi connectivity index (χ1) is 16.5. The quantitative estimate of drug-likeness (QED) is 0.479. The first-order valence-corrected chi connectivity index (χ1v) is 11.8. The lowest BCUT2D eigenvalue weighted by molar-refractivity contribution is -0.133. The van der Waals surface area contributed by atoms with Crippen molar-refractivity contribution in [2.75, 3.05) is 18.5 Å². The number of rotatable bonds is 10. The van der Waals surface area contributed by atoms with E-state index in [1.807, 2.05) is 96.4 Å². The molecule has 34 heavy (non-hydrogen) atoms. The molecule has 178 valence electrons. The Bertz CT molecular complexity index is 1110. The minimum Gasteiger partial charge on any atom is -0.492 e. The molecule has 0 radical (unpaired) electrons. The SMILES string of the molecule is CCOc1ccccc1NC(=O)N(CC(=O)N(Cc1ccccc1)Cc1cccn1C)C1CC1. The number of hydrogen-bond acceptors (Lipinski definition) is 3. The van der Waals surface area contributed by atoms with Crippen molar-refractivity contribution in [1.82, 2.24) is 14.4 Å². The number of nitrogens with zero attached hydrogens (tertiary/aromatic N) is 3. The fourth-order valence-corrected chi connectivity index (χ4v) is 3.93. The second kappa shape index (κ2) is 10.9. The number of aromatic nitrogens is 1. The Morgan fingerprint density at radius 1 is 1.00 bits per heavy atom. The zero-order valence-electron chi connectivity index (χ0n) is 19.8. The van der Waals surface area contributed by atoms with Crippen molar-refractivity contribution in [3.8, 4) is 5.75 Å². The highest BCUT2D eigenvalue weighted by Crippen LogP contribution is 2.29. The van der Waals surface area contributed by atoms with Crippen LogP contribution in [-0.2, 0) is 24.9 Å². The van der Waals surface area contributed by atoms with E-state index in [9.17, 15) is 9.59 Å². The summed E-state index contributed by atoms with van der Waals surface area (Å²) < 4.78 is 7.65. The maximum absolute atomic E-state index is 13.5. The number of carbonyl (C=O) groups is 2. The molecule has 2 aromatic carbocycles. The molecular weight excluding hydrogens is 428 g/mol. The molecule has 0 bridgehead atoms. The van der Waals surface area contributed by atoms with E-state index in [0.717, 1.165) is 24.1 Å². The lowest BCUT2D eigenvalue weighted by atomic mass is 10.2. The summed E-state index contributed by atoms with van der Waals surface area (Å²) in [6.07, 6.45) is 3.79. The van der Waals surface area contributed by atoms with Crippen molar-refractivity contribution in [2.24, 2.45) is 7.05 Å². The maximum Gasteiger partial charge on any atom is 0.322 e. The van der Waals surface area contributed by atoms with Crippen molar-refractivity contribution in [1.29, 1.82) is 0 Å². The van der Waals surface area contributed by atoms with Gasteiger partial charge in [-0.15, -0.1) is 0 Å². The Morgan fingerprint density at radius 2 is 1.74 bits per heavy atom. The van der Waals surface area contributed by atoms with E-state index in [2.05, 4.69) is 5.32 Å². The van der Waals surface area contributed by atoms with Gasteiger partial charge in [0.2, 0.25) is 5.91 Å². The topological polar surface area (TPSA) is 66.8 Å². The number of hydrogen-bond donors (Lipinski definition) is 1. The van der Waals surface area contributed by atoms with Gasteiger partial charge >= 0.3 is 6.03 Å². The zero-order valence-corrected chi connectivity index (χ0v) is 19.8. The van der Waals surface area contributed by atoms with Gasteiger partial charge in [-0.05, 0) is 49.6 Å². The van der Waals surface area contributed by atoms with Crippen LogP contribution in [0.1, 0.15) is 31.0 Å². The molecule has 0 unspecified atom stereocenters. The second-order valence-corrected chi connectivity index (χ2v) is 8.56. The number of urea groups is 1. The number of anilines is 1. The molecule has 0 spiro atoms. The normalized spacial score (nSPS) is 12.8. The first kappa shape index (κ1) is 23.4. The summed E-state index contributed by atoms with van der Waals surface area (Å²) in [6.45, 7) is 3.40. The van der Waals surface area contributed by atoms with Gasteiger partial charge in [0.15, 0.2) is 0 Å². The third-order valence-corrected chi connectivity index (χ3v) is 5.96. The Balaban J connectivity index is 1.50. The average molecular weight is 461 g/mol. The number of amides is 3. The summed E-state index contributed by atoms with van der Waals surface area (Å²) in [7, 11) is 1.97. The highest BCUT2D eigenvalue weighted by Gasteiger charge is 2.35. The van der Waals surface area contributed by atoms with E-state index in [0.29, 0.717) is 31.1 Å². The van der Waals surface area contributed by atoms with E-state index in [-0.39, 0.29) is 24.5 Å². The number of aryl methyl sites for hydroxylation is 1. The lowest BCUT2D eigenvalue weighted by Gasteiger charge is -2.28. The third kappa shape index (κ3) is 5.98. The van der Waals surface area contributed by atoms with Crippen LogP contribution in [0.2, 0.25) is 0 Å². The molecule has 7 heteroatoms. The van der Waals surface area contributed by atoms with Crippen molar-refractivity contribution >= 4 is 17.6 Å². The second-order valence-electron chi connectivity index (χ2n) is 8.56. The molecular formula is C27H32N4O3. The summed E-state index contributed by atoms with van der Waals surface area (Å²) in [4.78, 5) is 30.2. The standard InChI is InChI=1S/C27H32N4O3/c1-3-34-25-14-8-7-13-24(25)28-27(33)31(22-15-16-22)20-26(32)30(18-21-10-5-4-6-11-21)19-23-12-9-17-29(23)2/h4-14,17,22H,3,15-16,18-20H2,1-2H3,(H,28,33). The predicted octanol–water partition coefficient (Wildman–Crippen LogP) is 4.65. The number of carbonyl (C=O) groups excluding carboxylic acids is 2. The van der Waals surface area contributed by atoms with Gasteiger partial charge in [-0.1, -0.05) is 42.5 Å². The van der Waals surface area contributed by atoms with Crippen LogP contribution in [0.25, 0.3) is 0 Å². The molecule has 1 aromatic heterocycles. The summed E-state index contributed by atoms with van der Waals surface area (Å²) in [5.74, 6) is 0.542. The third-order valence-electron chi connectivity index (χ3n) is 5.96. The molecule has 1 aliphatic carbocycles. The fourth-order valence-electron chi connectivity index (χ4n) is 3.93. The van der Waals surface area contributed by atoms with Gasteiger partial charge in [-0.25, -0.2) is 4.79 Å². The van der Waals surface area contributed by atoms with Crippen molar-refractivity contribution in [3.05, 3.63) is 84.2 Å². The molecule has 4 rings (SSSR count). The van der Waals surface area contributed by atoms with Crippen LogP contribution in [0.4, 0.5) is 10.5 Å². The Kier molecular flexibility index (Phi) is 7.52. The zero-order chi connectivity index (χ0) is 23.9. The Morgan fingerprint density at radius 3 is 2.41 bits per heavy atom. The van der Waals surface area contributed by atoms with Crippen molar-refractivity contribution in [3.63, 3.8) is 0 Å². The maximum atomic E-state index is 13.5. The van der Waals surface area contributed by atoms with Gasteiger partial charge < -0.3 is 24.4 Å². The molecule has 1 saturated carbocycles. The van der Waals surface area contributed by atoms with Crippen LogP contribution in [0, 0.1) is 0 Å². The molecule has 1 aliphatic rings. The van der Waals surface area contributed by atoms with Gasteiger partial charge in [-0.3, -0.25) is 4.79 Å².